The van der Waals surface area contributed by atoms with Crippen LogP contribution in [0.4, 0.5) is 10.1 Å². The second-order valence-corrected chi connectivity index (χ2v) is 2.40. The first kappa shape index (κ1) is 9.90. The minimum absolute atomic E-state index is 0.0186. The molecule has 4 nitrogen and oxygen atoms in total. The van der Waals surface area contributed by atoms with E-state index in [9.17, 15) is 4.39 Å². The van der Waals surface area contributed by atoms with Gasteiger partial charge in [0.05, 0.1) is 17.8 Å². The van der Waals surface area contributed by atoms with Crippen molar-refractivity contribution >= 4 is 5.69 Å². The standard InChI is InChI=1S/C9H7FN4/c10-9-7(3-1-5-8(9)11)4-2-6-13-14-12/h1,3,5H,6,11H2. The number of hydrogen-bond acceptors (Lipinski definition) is 2. The van der Waals surface area contributed by atoms with Crippen molar-refractivity contribution in [1.82, 2.24) is 0 Å². The van der Waals surface area contributed by atoms with E-state index in [0.29, 0.717) is 0 Å². The normalized spacial score (nSPS) is 8.36. The van der Waals surface area contributed by atoms with E-state index in [1.54, 1.807) is 6.07 Å². The van der Waals surface area contributed by atoms with Gasteiger partial charge in [-0.1, -0.05) is 23.0 Å². The van der Waals surface area contributed by atoms with Gasteiger partial charge < -0.3 is 5.73 Å². The fraction of sp³-hybridized carbons (Fsp3) is 0.111. The summed E-state index contributed by atoms with van der Waals surface area (Å²) < 4.78 is 13.2. The number of anilines is 1. The molecule has 0 fully saturated rings. The van der Waals surface area contributed by atoms with Crippen molar-refractivity contribution in [2.24, 2.45) is 5.11 Å². The lowest BCUT2D eigenvalue weighted by Gasteiger charge is -1.96. The van der Waals surface area contributed by atoms with Gasteiger partial charge >= 0.3 is 0 Å². The Hall–Kier alpha value is -2.18. The van der Waals surface area contributed by atoms with Crippen LogP contribution in [0.2, 0.25) is 0 Å². The molecule has 0 aliphatic rings. The molecule has 0 aromatic heterocycles. The first-order valence-electron chi connectivity index (χ1n) is 3.79. The Balaban J connectivity index is 2.89. The number of rotatable bonds is 1. The zero-order valence-electron chi connectivity index (χ0n) is 7.24. The van der Waals surface area contributed by atoms with Gasteiger partial charge in [-0.3, -0.25) is 0 Å². The summed E-state index contributed by atoms with van der Waals surface area (Å²) >= 11 is 0. The van der Waals surface area contributed by atoms with Gasteiger partial charge in [0, 0.05) is 4.91 Å². The molecule has 0 unspecified atom stereocenters. The number of nitrogen functional groups attached to an aromatic ring is 1. The molecular formula is C9H7FN4. The lowest BCUT2D eigenvalue weighted by atomic mass is 10.2. The summed E-state index contributed by atoms with van der Waals surface area (Å²) in [5, 5.41) is 3.19. The molecule has 2 N–H and O–H groups in total. The van der Waals surface area contributed by atoms with E-state index >= 15 is 0 Å². The van der Waals surface area contributed by atoms with Crippen molar-refractivity contribution in [2.45, 2.75) is 0 Å². The van der Waals surface area contributed by atoms with Gasteiger partial charge in [0.25, 0.3) is 0 Å². The van der Waals surface area contributed by atoms with Gasteiger partial charge in [-0.25, -0.2) is 4.39 Å². The van der Waals surface area contributed by atoms with Crippen LogP contribution in [0.3, 0.4) is 0 Å². The highest BCUT2D eigenvalue weighted by Crippen LogP contribution is 2.12. The monoisotopic (exact) mass is 190 g/mol. The number of azide groups is 1. The molecule has 1 rings (SSSR count). The third kappa shape index (κ3) is 2.41. The summed E-state index contributed by atoms with van der Waals surface area (Å²) in [6.07, 6.45) is 0. The fourth-order valence-corrected chi connectivity index (χ4v) is 0.848. The van der Waals surface area contributed by atoms with Crippen LogP contribution in [-0.4, -0.2) is 6.54 Å². The largest absolute Gasteiger partial charge is 0.396 e. The maximum atomic E-state index is 13.2. The van der Waals surface area contributed by atoms with Gasteiger partial charge in [-0.05, 0) is 17.7 Å². The molecule has 14 heavy (non-hydrogen) atoms. The van der Waals surface area contributed by atoms with Crippen molar-refractivity contribution in [2.75, 3.05) is 12.3 Å². The summed E-state index contributed by atoms with van der Waals surface area (Å²) in [5.41, 5.74) is 13.5. The average Bonchev–Trinajstić information content (AvgIpc) is 2.19. The average molecular weight is 190 g/mol. The highest BCUT2D eigenvalue weighted by atomic mass is 19.1. The lowest BCUT2D eigenvalue weighted by Crippen LogP contribution is -1.92. The highest BCUT2D eigenvalue weighted by Gasteiger charge is 2.00. The molecule has 0 saturated carbocycles. The van der Waals surface area contributed by atoms with Crippen molar-refractivity contribution in [3.05, 3.63) is 40.0 Å². The minimum Gasteiger partial charge on any atom is -0.396 e. The number of hydrogen-bond donors (Lipinski definition) is 1. The van der Waals surface area contributed by atoms with Crippen molar-refractivity contribution in [3.63, 3.8) is 0 Å². The fourth-order valence-electron chi connectivity index (χ4n) is 0.848. The molecular weight excluding hydrogens is 183 g/mol. The van der Waals surface area contributed by atoms with Crippen LogP contribution in [0.15, 0.2) is 23.3 Å². The second kappa shape index (κ2) is 4.75. The smallest absolute Gasteiger partial charge is 0.161 e. The Morgan fingerprint density at radius 1 is 1.57 bits per heavy atom. The van der Waals surface area contributed by atoms with E-state index < -0.39 is 5.82 Å². The molecule has 0 saturated heterocycles. The van der Waals surface area contributed by atoms with Gasteiger partial charge in [-0.2, -0.15) is 0 Å². The summed E-state index contributed by atoms with van der Waals surface area (Å²) in [4.78, 5) is 2.51. The summed E-state index contributed by atoms with van der Waals surface area (Å²) in [7, 11) is 0. The molecule has 0 aliphatic heterocycles. The first-order chi connectivity index (χ1) is 6.75. The Morgan fingerprint density at radius 3 is 3.07 bits per heavy atom. The Bertz CT molecular complexity index is 438. The maximum absolute atomic E-state index is 13.2. The molecule has 1 aromatic carbocycles. The van der Waals surface area contributed by atoms with E-state index in [1.165, 1.54) is 12.1 Å². The van der Waals surface area contributed by atoms with Crippen LogP contribution in [0.25, 0.3) is 10.4 Å². The summed E-state index contributed by atoms with van der Waals surface area (Å²) in [6, 6.07) is 4.57. The number of benzene rings is 1. The van der Waals surface area contributed by atoms with Crippen molar-refractivity contribution < 1.29 is 4.39 Å². The van der Waals surface area contributed by atoms with Crippen LogP contribution in [0, 0.1) is 17.7 Å². The third-order valence-electron chi connectivity index (χ3n) is 1.46. The molecule has 70 valence electrons. The molecule has 0 aliphatic carbocycles. The summed E-state index contributed by atoms with van der Waals surface area (Å²) in [6.45, 7) is 0.0186. The van der Waals surface area contributed by atoms with E-state index in [-0.39, 0.29) is 17.8 Å². The van der Waals surface area contributed by atoms with Gasteiger partial charge in [0.1, 0.15) is 0 Å². The number of halogens is 1. The summed E-state index contributed by atoms with van der Waals surface area (Å²) in [5.74, 6) is 4.48. The van der Waals surface area contributed by atoms with Crippen LogP contribution >= 0.6 is 0 Å². The molecule has 1 aromatic rings. The first-order valence-corrected chi connectivity index (χ1v) is 3.79. The maximum Gasteiger partial charge on any atom is 0.161 e. The highest BCUT2D eigenvalue weighted by molar-refractivity contribution is 5.49. The predicted octanol–water partition coefficient (Wildman–Crippen LogP) is 2.07. The van der Waals surface area contributed by atoms with Crippen LogP contribution in [0.5, 0.6) is 0 Å². The van der Waals surface area contributed by atoms with Crippen LogP contribution < -0.4 is 5.73 Å². The number of nitrogens with zero attached hydrogens (tertiary/aromatic N) is 3. The van der Waals surface area contributed by atoms with Gasteiger partial charge in [0.15, 0.2) is 5.82 Å². The topological polar surface area (TPSA) is 74.8 Å². The van der Waals surface area contributed by atoms with E-state index in [1.807, 2.05) is 0 Å². The predicted molar refractivity (Wildman–Crippen MR) is 51.7 cm³/mol. The zero-order valence-corrected chi connectivity index (χ0v) is 7.24. The second-order valence-electron chi connectivity index (χ2n) is 2.40. The molecule has 0 heterocycles. The lowest BCUT2D eigenvalue weighted by molar-refractivity contribution is 0.629. The number of nitrogens with two attached hydrogens (primary N) is 1. The van der Waals surface area contributed by atoms with E-state index in [4.69, 9.17) is 11.3 Å². The molecule has 0 spiro atoms. The minimum atomic E-state index is -0.541. The molecule has 0 bridgehead atoms. The van der Waals surface area contributed by atoms with Gasteiger partial charge in [-0.15, -0.1) is 0 Å². The molecule has 0 radical (unpaired) electrons. The van der Waals surface area contributed by atoms with Crippen LogP contribution in [0.1, 0.15) is 5.56 Å². The third-order valence-corrected chi connectivity index (χ3v) is 1.46. The van der Waals surface area contributed by atoms with E-state index in [0.717, 1.165) is 0 Å². The molecule has 0 amide bonds. The quantitative estimate of drug-likeness (QED) is 0.238. The Kier molecular flexibility index (Phi) is 3.36. The van der Waals surface area contributed by atoms with Crippen LogP contribution in [-0.2, 0) is 0 Å². The van der Waals surface area contributed by atoms with E-state index in [2.05, 4.69) is 21.9 Å². The molecule has 5 heteroatoms. The zero-order chi connectivity index (χ0) is 10.4. The van der Waals surface area contributed by atoms with Gasteiger partial charge in [0.2, 0.25) is 0 Å². The Labute approximate surface area is 80.2 Å². The molecule has 0 atom stereocenters. The van der Waals surface area contributed by atoms with Crippen molar-refractivity contribution in [1.29, 1.82) is 0 Å². The Morgan fingerprint density at radius 2 is 2.36 bits per heavy atom. The SMILES string of the molecule is [N-]=[N+]=NCC#Cc1cccc(N)c1F. The van der Waals surface area contributed by atoms with Crippen molar-refractivity contribution in [3.8, 4) is 11.8 Å².